The lowest BCUT2D eigenvalue weighted by atomic mass is 9.99. The van der Waals surface area contributed by atoms with Crippen molar-refractivity contribution in [3.05, 3.63) is 60.2 Å². The summed E-state index contributed by atoms with van der Waals surface area (Å²) >= 11 is 0. The van der Waals surface area contributed by atoms with Crippen LogP contribution in [-0.2, 0) is 25.5 Å². The van der Waals surface area contributed by atoms with Gasteiger partial charge < -0.3 is 29.4 Å². The smallest absolute Gasteiger partial charge is 0.342 e. The van der Waals surface area contributed by atoms with Crippen LogP contribution in [0.15, 0.2) is 54.2 Å². The summed E-state index contributed by atoms with van der Waals surface area (Å²) in [6.07, 6.45) is 12.9. The minimum absolute atomic E-state index is 0.0495. The highest BCUT2D eigenvalue weighted by Crippen LogP contribution is 2.29. The van der Waals surface area contributed by atoms with E-state index in [4.69, 9.17) is 14.3 Å². The van der Waals surface area contributed by atoms with Crippen molar-refractivity contribution in [2.75, 3.05) is 32.9 Å². The van der Waals surface area contributed by atoms with Gasteiger partial charge >= 0.3 is 5.97 Å². The fraction of sp³-hybridized carbons (Fsp3) is 0.444. The molecule has 0 bridgehead atoms. The molecule has 0 radical (unpaired) electrons. The number of fused-ring (bicyclic) bond motifs is 1. The second kappa shape index (κ2) is 14.1. The molecule has 3 rings (SSSR count). The average Bonchev–Trinajstić information content (AvgIpc) is 2.86. The number of phenols is 2. The molecule has 9 heteroatoms. The van der Waals surface area contributed by atoms with Gasteiger partial charge in [-0.05, 0) is 49.8 Å². The molecule has 0 spiro atoms. The number of piperidine rings is 1. The molecule has 1 aromatic rings. The molecule has 2 aliphatic rings. The van der Waals surface area contributed by atoms with E-state index < -0.39 is 5.97 Å². The average molecular weight is 499 g/mol. The Labute approximate surface area is 211 Å². The molecule has 0 aliphatic carbocycles. The van der Waals surface area contributed by atoms with E-state index in [1.807, 2.05) is 18.2 Å². The van der Waals surface area contributed by atoms with Crippen LogP contribution in [0.25, 0.3) is 0 Å². The zero-order valence-corrected chi connectivity index (χ0v) is 20.4. The minimum atomic E-state index is -0.711. The van der Waals surface area contributed by atoms with Gasteiger partial charge in [-0.15, -0.1) is 6.58 Å². The number of likely N-dealkylation sites (tertiary alicyclic amines) is 1. The van der Waals surface area contributed by atoms with Gasteiger partial charge in [-0.3, -0.25) is 4.79 Å². The van der Waals surface area contributed by atoms with E-state index in [0.717, 1.165) is 25.3 Å². The normalized spacial score (nSPS) is 22.1. The number of nitrogens with zero attached hydrogens (tertiary/aromatic N) is 2. The lowest BCUT2D eigenvalue weighted by Crippen LogP contribution is -2.37. The van der Waals surface area contributed by atoms with E-state index in [1.165, 1.54) is 6.07 Å². The number of esters is 1. The van der Waals surface area contributed by atoms with Crippen LogP contribution in [0.4, 0.5) is 0 Å². The molecule has 194 valence electrons. The van der Waals surface area contributed by atoms with E-state index in [-0.39, 0.29) is 48.7 Å². The topological polar surface area (TPSA) is 118 Å². The Morgan fingerprint density at radius 3 is 2.81 bits per heavy atom. The van der Waals surface area contributed by atoms with Crippen LogP contribution in [0.3, 0.4) is 0 Å². The number of amides is 1. The van der Waals surface area contributed by atoms with Gasteiger partial charge in [-0.1, -0.05) is 29.5 Å². The number of oxime groups is 1. The van der Waals surface area contributed by atoms with Crippen molar-refractivity contribution >= 4 is 17.6 Å². The number of rotatable bonds is 6. The summed E-state index contributed by atoms with van der Waals surface area (Å²) in [5.41, 5.74) is 0.662. The molecule has 1 saturated heterocycles. The van der Waals surface area contributed by atoms with Crippen molar-refractivity contribution in [1.29, 1.82) is 0 Å². The molecule has 2 heterocycles. The summed E-state index contributed by atoms with van der Waals surface area (Å²) in [5.74, 6) is -1.44. The Hall–Kier alpha value is -3.59. The SMILES string of the molecule is C=CCOC1/C=C/CCOC(=O)c2c(O)cc(O)cc2CC(=N\OCC(=O)N2CCCCC2)/C=C/C1. The first kappa shape index (κ1) is 27.0. The first-order valence-corrected chi connectivity index (χ1v) is 12.2. The summed E-state index contributed by atoms with van der Waals surface area (Å²) in [6.45, 7) is 5.40. The summed E-state index contributed by atoms with van der Waals surface area (Å²) in [5, 5.41) is 24.6. The van der Waals surface area contributed by atoms with Crippen molar-refractivity contribution in [2.45, 2.75) is 44.6 Å². The molecule has 2 N–H and O–H groups in total. The Morgan fingerprint density at radius 1 is 1.22 bits per heavy atom. The Bertz CT molecular complexity index is 1010. The van der Waals surface area contributed by atoms with E-state index in [9.17, 15) is 19.8 Å². The number of benzene rings is 1. The fourth-order valence-corrected chi connectivity index (χ4v) is 4.04. The van der Waals surface area contributed by atoms with Crippen LogP contribution >= 0.6 is 0 Å². The third kappa shape index (κ3) is 8.27. The van der Waals surface area contributed by atoms with E-state index in [2.05, 4.69) is 11.7 Å². The number of hydrogen-bond acceptors (Lipinski definition) is 8. The number of carbonyl (C=O) groups is 2. The fourth-order valence-electron chi connectivity index (χ4n) is 4.04. The molecule has 2 aliphatic heterocycles. The third-order valence-electron chi connectivity index (χ3n) is 5.81. The van der Waals surface area contributed by atoms with Crippen LogP contribution in [0, 0.1) is 0 Å². The maximum atomic E-state index is 12.7. The second-order valence-corrected chi connectivity index (χ2v) is 8.62. The van der Waals surface area contributed by atoms with Gasteiger partial charge in [0.15, 0.2) is 6.61 Å². The summed E-state index contributed by atoms with van der Waals surface area (Å²) < 4.78 is 11.1. The van der Waals surface area contributed by atoms with E-state index in [1.54, 1.807) is 17.1 Å². The highest BCUT2D eigenvalue weighted by atomic mass is 16.6. The molecule has 36 heavy (non-hydrogen) atoms. The Morgan fingerprint density at radius 2 is 2.03 bits per heavy atom. The number of allylic oxidation sites excluding steroid dienone is 1. The summed E-state index contributed by atoms with van der Waals surface area (Å²) in [4.78, 5) is 32.3. The van der Waals surface area contributed by atoms with Crippen molar-refractivity contribution in [3.63, 3.8) is 0 Å². The van der Waals surface area contributed by atoms with Crippen LogP contribution in [0.1, 0.15) is 48.0 Å². The van der Waals surface area contributed by atoms with Crippen molar-refractivity contribution in [1.82, 2.24) is 4.90 Å². The first-order chi connectivity index (χ1) is 17.5. The maximum Gasteiger partial charge on any atom is 0.342 e. The molecule has 9 nitrogen and oxygen atoms in total. The van der Waals surface area contributed by atoms with Gasteiger partial charge in [0.25, 0.3) is 5.91 Å². The van der Waals surface area contributed by atoms with Crippen LogP contribution in [0.2, 0.25) is 0 Å². The zero-order chi connectivity index (χ0) is 25.8. The number of aromatic hydroxyl groups is 2. The standard InChI is InChI=1S/C27H34N2O7/c1-2-14-34-23-10-4-7-15-35-27(33)26-20(17-22(30)18-24(26)31)16-21(9-8-11-23)28-36-19-25(32)29-12-5-3-6-13-29/h2,4,8-10,17-18,23,30-31H,1,3,5-7,11-16,19H2/b9-8+,10-4+,28-21-. The number of ether oxygens (including phenoxy) is 2. The molecular formula is C27H34N2O7. The van der Waals surface area contributed by atoms with Gasteiger partial charge in [0, 0.05) is 25.6 Å². The predicted octanol–water partition coefficient (Wildman–Crippen LogP) is 3.66. The zero-order valence-electron chi connectivity index (χ0n) is 20.4. The second-order valence-electron chi connectivity index (χ2n) is 8.62. The number of cyclic esters (lactones) is 1. The quantitative estimate of drug-likeness (QED) is 0.349. The number of hydrogen-bond donors (Lipinski definition) is 2. The molecule has 0 saturated carbocycles. The summed E-state index contributed by atoms with van der Waals surface area (Å²) in [6, 6.07) is 2.46. The molecule has 1 unspecified atom stereocenters. The van der Waals surface area contributed by atoms with Crippen molar-refractivity contribution < 1.29 is 34.1 Å². The van der Waals surface area contributed by atoms with E-state index >= 15 is 0 Å². The Kier molecular flexibility index (Phi) is 10.6. The van der Waals surface area contributed by atoms with Gasteiger partial charge in [0.05, 0.1) is 25.0 Å². The molecular weight excluding hydrogens is 464 g/mol. The van der Waals surface area contributed by atoms with Gasteiger partial charge in [-0.25, -0.2) is 4.79 Å². The number of carbonyl (C=O) groups excluding carboxylic acids is 2. The minimum Gasteiger partial charge on any atom is -0.508 e. The van der Waals surface area contributed by atoms with Gasteiger partial charge in [0.2, 0.25) is 0 Å². The first-order valence-electron chi connectivity index (χ1n) is 12.2. The molecule has 1 atom stereocenters. The van der Waals surface area contributed by atoms with Crippen LogP contribution < -0.4 is 0 Å². The monoisotopic (exact) mass is 498 g/mol. The molecule has 0 aromatic heterocycles. The molecule has 1 fully saturated rings. The lowest BCUT2D eigenvalue weighted by molar-refractivity contribution is -0.137. The molecule has 1 amide bonds. The third-order valence-corrected chi connectivity index (χ3v) is 5.81. The predicted molar refractivity (Wildman–Crippen MR) is 135 cm³/mol. The van der Waals surface area contributed by atoms with Gasteiger partial charge in [-0.2, -0.15) is 0 Å². The summed E-state index contributed by atoms with van der Waals surface area (Å²) in [7, 11) is 0. The van der Waals surface area contributed by atoms with Crippen LogP contribution in [-0.4, -0.2) is 71.7 Å². The van der Waals surface area contributed by atoms with Gasteiger partial charge in [0.1, 0.15) is 17.1 Å². The number of phenolic OH excluding ortho intramolecular Hbond substituents is 2. The van der Waals surface area contributed by atoms with Crippen molar-refractivity contribution in [2.24, 2.45) is 5.16 Å². The highest BCUT2D eigenvalue weighted by molar-refractivity contribution is 6.00. The van der Waals surface area contributed by atoms with Crippen LogP contribution in [0.5, 0.6) is 11.5 Å². The Balaban J connectivity index is 1.85. The maximum absolute atomic E-state index is 12.7. The van der Waals surface area contributed by atoms with Crippen molar-refractivity contribution in [3.8, 4) is 11.5 Å². The van der Waals surface area contributed by atoms with E-state index in [0.29, 0.717) is 43.8 Å². The highest BCUT2D eigenvalue weighted by Gasteiger charge is 2.21. The molecule has 1 aromatic carbocycles. The lowest BCUT2D eigenvalue weighted by Gasteiger charge is -2.26. The largest absolute Gasteiger partial charge is 0.508 e.